The normalized spacial score (nSPS) is 19.8. The molecular formula is C18H34O3. The minimum Gasteiger partial charge on any atom is -0.396 e. The lowest BCUT2D eigenvalue weighted by Crippen LogP contribution is -2.33. The summed E-state index contributed by atoms with van der Waals surface area (Å²) in [5.74, 6) is 6.29. The van der Waals surface area contributed by atoms with Crippen molar-refractivity contribution in [3.8, 4) is 11.8 Å². The van der Waals surface area contributed by atoms with E-state index in [1.54, 1.807) is 0 Å². The summed E-state index contributed by atoms with van der Waals surface area (Å²) in [7, 11) is 0. The van der Waals surface area contributed by atoms with Crippen molar-refractivity contribution in [1.29, 1.82) is 0 Å². The molecule has 0 aromatic heterocycles. The van der Waals surface area contributed by atoms with Crippen LogP contribution in [0.2, 0.25) is 0 Å². The smallest absolute Gasteiger partial charge is 0.125 e. The average molecular weight is 298 g/mol. The van der Waals surface area contributed by atoms with E-state index < -0.39 is 11.2 Å². The SMILES string of the molecule is CCC(C)CC(O)(C#CC(O)(CC)CC(CC)CO)CC. The first kappa shape index (κ1) is 20.4. The van der Waals surface area contributed by atoms with Crippen LogP contribution in [0.4, 0.5) is 0 Å². The topological polar surface area (TPSA) is 60.7 Å². The summed E-state index contributed by atoms with van der Waals surface area (Å²) in [6.45, 7) is 10.1. The number of rotatable bonds is 9. The lowest BCUT2D eigenvalue weighted by molar-refractivity contribution is 0.0487. The Morgan fingerprint density at radius 1 is 0.857 bits per heavy atom. The highest BCUT2D eigenvalue weighted by atomic mass is 16.3. The molecule has 0 aromatic rings. The van der Waals surface area contributed by atoms with Crippen LogP contribution in [0.3, 0.4) is 0 Å². The minimum atomic E-state index is -1.12. The Bertz CT molecular complexity index is 340. The van der Waals surface area contributed by atoms with Crippen LogP contribution in [-0.4, -0.2) is 33.1 Å². The monoisotopic (exact) mass is 298 g/mol. The van der Waals surface area contributed by atoms with Crippen LogP contribution in [0.15, 0.2) is 0 Å². The van der Waals surface area contributed by atoms with Gasteiger partial charge in [0.2, 0.25) is 0 Å². The Kier molecular flexibility index (Phi) is 9.20. The van der Waals surface area contributed by atoms with Crippen molar-refractivity contribution in [2.24, 2.45) is 11.8 Å². The van der Waals surface area contributed by atoms with Gasteiger partial charge in [-0.1, -0.05) is 59.3 Å². The van der Waals surface area contributed by atoms with E-state index in [2.05, 4.69) is 25.7 Å². The zero-order valence-corrected chi connectivity index (χ0v) is 14.4. The first-order chi connectivity index (χ1) is 9.78. The first-order valence-electron chi connectivity index (χ1n) is 8.37. The highest BCUT2D eigenvalue weighted by molar-refractivity contribution is 5.21. The third kappa shape index (κ3) is 7.31. The Morgan fingerprint density at radius 2 is 1.33 bits per heavy atom. The Labute approximate surface area is 130 Å². The molecule has 0 saturated heterocycles. The summed E-state index contributed by atoms with van der Waals surface area (Å²) >= 11 is 0. The molecule has 0 amide bonds. The molecule has 4 atom stereocenters. The fourth-order valence-corrected chi connectivity index (χ4v) is 2.34. The van der Waals surface area contributed by atoms with E-state index in [4.69, 9.17) is 0 Å². The van der Waals surface area contributed by atoms with E-state index in [0.717, 1.165) is 12.8 Å². The van der Waals surface area contributed by atoms with Gasteiger partial charge in [-0.15, -0.1) is 0 Å². The third-order valence-corrected chi connectivity index (χ3v) is 4.54. The third-order valence-electron chi connectivity index (χ3n) is 4.54. The van der Waals surface area contributed by atoms with E-state index in [1.165, 1.54) is 0 Å². The van der Waals surface area contributed by atoms with Gasteiger partial charge in [0.1, 0.15) is 11.2 Å². The zero-order valence-electron chi connectivity index (χ0n) is 14.4. The fourth-order valence-electron chi connectivity index (χ4n) is 2.34. The molecule has 0 radical (unpaired) electrons. The maximum Gasteiger partial charge on any atom is 0.125 e. The second kappa shape index (κ2) is 9.46. The molecule has 3 nitrogen and oxygen atoms in total. The Morgan fingerprint density at radius 3 is 1.67 bits per heavy atom. The van der Waals surface area contributed by atoms with Crippen molar-refractivity contribution in [3.05, 3.63) is 0 Å². The Balaban J connectivity index is 5.08. The second-order valence-electron chi connectivity index (χ2n) is 6.40. The van der Waals surface area contributed by atoms with Gasteiger partial charge in [0, 0.05) is 6.61 Å². The van der Waals surface area contributed by atoms with E-state index in [-0.39, 0.29) is 12.5 Å². The summed E-state index contributed by atoms with van der Waals surface area (Å²) in [6.07, 6.45) is 3.95. The lowest BCUT2D eigenvalue weighted by atomic mass is 9.84. The van der Waals surface area contributed by atoms with Gasteiger partial charge in [-0.05, 0) is 37.5 Å². The minimum absolute atomic E-state index is 0.0496. The van der Waals surface area contributed by atoms with Gasteiger partial charge in [-0.2, -0.15) is 0 Å². The van der Waals surface area contributed by atoms with Crippen LogP contribution in [0.25, 0.3) is 0 Å². The fraction of sp³-hybridized carbons (Fsp3) is 0.889. The van der Waals surface area contributed by atoms with Crippen LogP contribution in [0.1, 0.15) is 73.1 Å². The lowest BCUT2D eigenvalue weighted by Gasteiger charge is -2.27. The Hall–Kier alpha value is -0.560. The molecule has 0 bridgehead atoms. The molecule has 124 valence electrons. The predicted molar refractivity (Wildman–Crippen MR) is 87.8 cm³/mol. The summed E-state index contributed by atoms with van der Waals surface area (Å²) in [5, 5.41) is 30.5. The largest absolute Gasteiger partial charge is 0.396 e. The summed E-state index contributed by atoms with van der Waals surface area (Å²) in [4.78, 5) is 0. The molecule has 0 spiro atoms. The van der Waals surface area contributed by atoms with Crippen molar-refractivity contribution in [1.82, 2.24) is 0 Å². The molecule has 0 aromatic carbocycles. The quantitative estimate of drug-likeness (QED) is 0.573. The number of hydrogen-bond donors (Lipinski definition) is 3. The molecule has 21 heavy (non-hydrogen) atoms. The first-order valence-corrected chi connectivity index (χ1v) is 8.37. The van der Waals surface area contributed by atoms with Crippen molar-refractivity contribution >= 4 is 0 Å². The van der Waals surface area contributed by atoms with Gasteiger partial charge < -0.3 is 15.3 Å². The zero-order chi connectivity index (χ0) is 16.5. The standard InChI is InChI=1S/C18H34O3/c1-6-15(5)12-17(20,8-3)10-11-18(21,9-4)13-16(7-2)14-19/h15-16,19-21H,6-9,12-14H2,1-5H3. The second-order valence-corrected chi connectivity index (χ2v) is 6.40. The molecule has 3 heteroatoms. The summed E-state index contributed by atoms with van der Waals surface area (Å²) < 4.78 is 0. The molecule has 0 heterocycles. The molecule has 0 rings (SSSR count). The molecule has 0 aliphatic rings. The van der Waals surface area contributed by atoms with E-state index in [0.29, 0.717) is 31.6 Å². The molecule has 0 aliphatic carbocycles. The van der Waals surface area contributed by atoms with Crippen LogP contribution >= 0.6 is 0 Å². The van der Waals surface area contributed by atoms with E-state index in [1.807, 2.05) is 20.8 Å². The van der Waals surface area contributed by atoms with Gasteiger partial charge in [0.25, 0.3) is 0 Å². The van der Waals surface area contributed by atoms with Gasteiger partial charge >= 0.3 is 0 Å². The van der Waals surface area contributed by atoms with Crippen LogP contribution in [0.5, 0.6) is 0 Å². The van der Waals surface area contributed by atoms with Gasteiger partial charge in [0.15, 0.2) is 0 Å². The van der Waals surface area contributed by atoms with E-state index >= 15 is 0 Å². The van der Waals surface area contributed by atoms with Gasteiger partial charge in [0.05, 0.1) is 0 Å². The summed E-state index contributed by atoms with van der Waals surface area (Å²) in [5.41, 5.74) is -2.15. The van der Waals surface area contributed by atoms with E-state index in [9.17, 15) is 15.3 Å². The van der Waals surface area contributed by atoms with Crippen molar-refractivity contribution < 1.29 is 15.3 Å². The van der Waals surface area contributed by atoms with Crippen LogP contribution in [0, 0.1) is 23.7 Å². The predicted octanol–water partition coefficient (Wildman–Crippen LogP) is 3.12. The number of aliphatic hydroxyl groups excluding tert-OH is 1. The highest BCUT2D eigenvalue weighted by Crippen LogP contribution is 2.25. The number of aliphatic hydroxyl groups is 3. The van der Waals surface area contributed by atoms with Crippen molar-refractivity contribution in [3.63, 3.8) is 0 Å². The van der Waals surface area contributed by atoms with Crippen LogP contribution in [-0.2, 0) is 0 Å². The maximum atomic E-state index is 10.6. The molecule has 0 fully saturated rings. The van der Waals surface area contributed by atoms with Crippen molar-refractivity contribution in [2.75, 3.05) is 6.61 Å². The van der Waals surface area contributed by atoms with Crippen molar-refractivity contribution in [2.45, 2.75) is 84.3 Å². The molecular weight excluding hydrogens is 264 g/mol. The van der Waals surface area contributed by atoms with Crippen LogP contribution < -0.4 is 0 Å². The maximum absolute atomic E-state index is 10.6. The van der Waals surface area contributed by atoms with Gasteiger partial charge in [-0.3, -0.25) is 0 Å². The summed E-state index contributed by atoms with van der Waals surface area (Å²) in [6, 6.07) is 0. The highest BCUT2D eigenvalue weighted by Gasteiger charge is 2.29. The molecule has 3 N–H and O–H groups in total. The average Bonchev–Trinajstić information content (AvgIpc) is 2.50. The van der Waals surface area contributed by atoms with Gasteiger partial charge in [-0.25, -0.2) is 0 Å². The molecule has 0 aliphatic heterocycles. The number of hydrogen-bond acceptors (Lipinski definition) is 3. The molecule has 4 unspecified atom stereocenters. The molecule has 0 saturated carbocycles.